The number of esters is 1. The van der Waals surface area contributed by atoms with Gasteiger partial charge in [-0.15, -0.1) is 0 Å². The maximum Gasteiger partial charge on any atom is 0.340 e. The molecule has 0 bridgehead atoms. The van der Waals surface area contributed by atoms with Crippen molar-refractivity contribution in [2.75, 3.05) is 7.11 Å². The summed E-state index contributed by atoms with van der Waals surface area (Å²) in [6.45, 7) is 4.25. The minimum Gasteiger partial charge on any atom is -0.465 e. The van der Waals surface area contributed by atoms with E-state index in [-0.39, 0.29) is 5.97 Å². The Balaban J connectivity index is 2.74. The van der Waals surface area contributed by atoms with Gasteiger partial charge in [-0.25, -0.2) is 4.79 Å². The summed E-state index contributed by atoms with van der Waals surface area (Å²) >= 11 is 3.43. The van der Waals surface area contributed by atoms with Crippen molar-refractivity contribution in [2.24, 2.45) is 0 Å². The summed E-state index contributed by atoms with van der Waals surface area (Å²) in [6, 6.07) is 3.79. The summed E-state index contributed by atoms with van der Waals surface area (Å²) in [4.78, 5) is 14.9. The van der Waals surface area contributed by atoms with E-state index >= 15 is 0 Å². The predicted octanol–water partition coefficient (Wildman–Crippen LogP) is 3.84. The van der Waals surface area contributed by atoms with Crippen LogP contribution in [0.2, 0.25) is 0 Å². The molecular formula is C13H14BrNO2. The van der Waals surface area contributed by atoms with Crippen molar-refractivity contribution < 1.29 is 9.53 Å². The summed E-state index contributed by atoms with van der Waals surface area (Å²) in [7, 11) is 1.39. The Morgan fingerprint density at radius 1 is 1.41 bits per heavy atom. The van der Waals surface area contributed by atoms with Gasteiger partial charge in [0, 0.05) is 16.1 Å². The van der Waals surface area contributed by atoms with E-state index in [1.54, 1.807) is 6.07 Å². The number of aromatic nitrogens is 1. The van der Waals surface area contributed by atoms with Crippen molar-refractivity contribution in [3.63, 3.8) is 0 Å². The highest BCUT2D eigenvalue weighted by molar-refractivity contribution is 9.10. The Morgan fingerprint density at radius 3 is 2.71 bits per heavy atom. The number of rotatable bonds is 2. The fraction of sp³-hybridized carbons (Fsp3) is 0.308. The summed E-state index contributed by atoms with van der Waals surface area (Å²) in [5, 5.41) is 1.06. The van der Waals surface area contributed by atoms with Crippen molar-refractivity contribution in [3.8, 4) is 0 Å². The van der Waals surface area contributed by atoms with Crippen LogP contribution >= 0.6 is 15.9 Å². The molecule has 2 aromatic rings. The molecule has 0 saturated heterocycles. The maximum atomic E-state index is 11.7. The lowest BCUT2D eigenvalue weighted by Gasteiger charge is -2.05. The molecule has 4 heteroatoms. The first-order valence-corrected chi connectivity index (χ1v) is 6.22. The Bertz CT molecular complexity index is 572. The molecule has 2 rings (SSSR count). The molecule has 0 saturated carbocycles. The van der Waals surface area contributed by atoms with Gasteiger partial charge in [0.1, 0.15) is 0 Å². The quantitative estimate of drug-likeness (QED) is 0.855. The van der Waals surface area contributed by atoms with E-state index in [0.29, 0.717) is 11.5 Å². The van der Waals surface area contributed by atoms with Gasteiger partial charge in [0.15, 0.2) is 0 Å². The van der Waals surface area contributed by atoms with Crippen molar-refractivity contribution in [1.82, 2.24) is 4.98 Å². The van der Waals surface area contributed by atoms with Gasteiger partial charge in [-0.1, -0.05) is 29.8 Å². The van der Waals surface area contributed by atoms with Gasteiger partial charge in [0.05, 0.1) is 18.2 Å². The van der Waals surface area contributed by atoms with Crippen LogP contribution in [0.4, 0.5) is 0 Å². The molecular weight excluding hydrogens is 282 g/mol. The van der Waals surface area contributed by atoms with E-state index in [1.807, 2.05) is 12.3 Å². The summed E-state index contributed by atoms with van der Waals surface area (Å²) in [6.07, 6.45) is 1.95. The predicted molar refractivity (Wildman–Crippen MR) is 71.4 cm³/mol. The van der Waals surface area contributed by atoms with Gasteiger partial charge in [-0.05, 0) is 23.6 Å². The van der Waals surface area contributed by atoms with E-state index in [0.717, 1.165) is 15.4 Å². The largest absolute Gasteiger partial charge is 0.465 e. The van der Waals surface area contributed by atoms with E-state index in [4.69, 9.17) is 4.74 Å². The van der Waals surface area contributed by atoms with E-state index in [1.165, 1.54) is 12.7 Å². The number of carbonyl (C=O) groups excluding carboxylic acids is 1. The third kappa shape index (κ3) is 2.09. The van der Waals surface area contributed by atoms with Crippen LogP contribution in [0.25, 0.3) is 10.9 Å². The normalized spacial score (nSPS) is 11.1. The van der Waals surface area contributed by atoms with Crippen LogP contribution in [0.5, 0.6) is 0 Å². The van der Waals surface area contributed by atoms with Crippen LogP contribution in [-0.4, -0.2) is 18.1 Å². The molecule has 0 amide bonds. The number of nitrogens with one attached hydrogen (secondary N) is 1. The lowest BCUT2D eigenvalue weighted by Crippen LogP contribution is -2.02. The topological polar surface area (TPSA) is 42.1 Å². The number of hydrogen-bond donors (Lipinski definition) is 1. The van der Waals surface area contributed by atoms with Crippen molar-refractivity contribution in [1.29, 1.82) is 0 Å². The SMILES string of the molecule is COC(=O)c1cc(Br)cc2c(C(C)C)c[nH]c12. The van der Waals surface area contributed by atoms with Crippen LogP contribution < -0.4 is 0 Å². The minimum atomic E-state index is -0.326. The second kappa shape index (κ2) is 4.53. The number of fused-ring (bicyclic) bond motifs is 1. The number of halogens is 1. The molecule has 0 fully saturated rings. The van der Waals surface area contributed by atoms with Gasteiger partial charge in [-0.3, -0.25) is 0 Å². The second-order valence-corrected chi connectivity index (χ2v) is 5.18. The minimum absolute atomic E-state index is 0.326. The molecule has 0 spiro atoms. The molecule has 1 heterocycles. The second-order valence-electron chi connectivity index (χ2n) is 4.27. The van der Waals surface area contributed by atoms with Crippen molar-refractivity contribution >= 4 is 32.8 Å². The molecule has 0 aliphatic carbocycles. The molecule has 0 unspecified atom stereocenters. The smallest absolute Gasteiger partial charge is 0.340 e. The van der Waals surface area contributed by atoms with Crippen LogP contribution in [0.15, 0.2) is 22.8 Å². The lowest BCUT2D eigenvalue weighted by molar-refractivity contribution is 0.0602. The number of ether oxygens (including phenoxy) is 1. The third-order valence-electron chi connectivity index (χ3n) is 2.81. The Kier molecular flexibility index (Phi) is 3.24. The van der Waals surface area contributed by atoms with Gasteiger partial charge in [0.2, 0.25) is 0 Å². The molecule has 90 valence electrons. The highest BCUT2D eigenvalue weighted by Gasteiger charge is 2.16. The lowest BCUT2D eigenvalue weighted by atomic mass is 10.0. The highest BCUT2D eigenvalue weighted by Crippen LogP contribution is 2.30. The van der Waals surface area contributed by atoms with Gasteiger partial charge < -0.3 is 9.72 Å². The van der Waals surface area contributed by atoms with E-state index < -0.39 is 0 Å². The number of hydrogen-bond acceptors (Lipinski definition) is 2. The van der Waals surface area contributed by atoms with Gasteiger partial charge >= 0.3 is 5.97 Å². The maximum absolute atomic E-state index is 11.7. The first-order chi connectivity index (χ1) is 8.04. The number of carbonyl (C=O) groups is 1. The highest BCUT2D eigenvalue weighted by atomic mass is 79.9. The zero-order valence-corrected chi connectivity index (χ0v) is 11.6. The average molecular weight is 296 g/mol. The summed E-state index contributed by atoms with van der Waals surface area (Å²) in [5.74, 6) is 0.0806. The van der Waals surface area contributed by atoms with Crippen molar-refractivity contribution in [3.05, 3.63) is 33.9 Å². The third-order valence-corrected chi connectivity index (χ3v) is 3.27. The average Bonchev–Trinajstić information content (AvgIpc) is 2.70. The zero-order chi connectivity index (χ0) is 12.6. The standard InChI is InChI=1S/C13H14BrNO2/c1-7(2)11-6-15-12-9(11)4-8(14)5-10(12)13(16)17-3/h4-7,15H,1-3H3. The molecule has 0 atom stereocenters. The molecule has 0 aliphatic heterocycles. The zero-order valence-electron chi connectivity index (χ0n) is 10.0. The number of benzene rings is 1. The van der Waals surface area contributed by atoms with Crippen LogP contribution in [0.1, 0.15) is 35.7 Å². The van der Waals surface area contributed by atoms with Gasteiger partial charge in [0.25, 0.3) is 0 Å². The molecule has 0 aliphatic rings. The monoisotopic (exact) mass is 295 g/mol. The number of H-pyrrole nitrogens is 1. The molecule has 1 N–H and O–H groups in total. The molecule has 1 aromatic carbocycles. The molecule has 0 radical (unpaired) electrons. The summed E-state index contributed by atoms with van der Waals surface area (Å²) < 4.78 is 5.67. The first kappa shape index (κ1) is 12.2. The molecule has 17 heavy (non-hydrogen) atoms. The Hall–Kier alpha value is -1.29. The van der Waals surface area contributed by atoms with Crippen LogP contribution in [-0.2, 0) is 4.74 Å². The first-order valence-electron chi connectivity index (χ1n) is 5.43. The summed E-state index contributed by atoms with van der Waals surface area (Å²) in [5.41, 5.74) is 2.60. The molecule has 1 aromatic heterocycles. The Labute approximate surface area is 108 Å². The van der Waals surface area contributed by atoms with Crippen LogP contribution in [0, 0.1) is 0 Å². The van der Waals surface area contributed by atoms with Gasteiger partial charge in [-0.2, -0.15) is 0 Å². The fourth-order valence-corrected chi connectivity index (χ4v) is 2.42. The van der Waals surface area contributed by atoms with E-state index in [9.17, 15) is 4.79 Å². The van der Waals surface area contributed by atoms with Crippen molar-refractivity contribution in [2.45, 2.75) is 19.8 Å². The Morgan fingerprint density at radius 2 is 2.12 bits per heavy atom. The van der Waals surface area contributed by atoms with E-state index in [2.05, 4.69) is 34.8 Å². The number of aromatic amines is 1. The van der Waals surface area contributed by atoms with Crippen LogP contribution in [0.3, 0.4) is 0 Å². The molecule has 3 nitrogen and oxygen atoms in total. The number of methoxy groups -OCH3 is 1. The fourth-order valence-electron chi connectivity index (χ4n) is 1.97.